The molecule has 0 aromatic carbocycles. The fraction of sp³-hybridized carbons (Fsp3) is 0.867. The van der Waals surface area contributed by atoms with Gasteiger partial charge in [-0.3, -0.25) is 0 Å². The Morgan fingerprint density at radius 2 is 1.76 bits per heavy atom. The van der Waals surface area contributed by atoms with Crippen molar-refractivity contribution >= 4 is 0 Å². The Balaban J connectivity index is 2.07. The van der Waals surface area contributed by atoms with Gasteiger partial charge in [0.05, 0.1) is 0 Å². The van der Waals surface area contributed by atoms with E-state index in [1.165, 1.54) is 57.6 Å². The number of allylic oxidation sites excluding steroid dienone is 2. The zero-order chi connectivity index (χ0) is 12.7. The van der Waals surface area contributed by atoms with Crippen LogP contribution >= 0.6 is 0 Å². The standard InChI is InChI=1S/C15H30N2/c1-14(2)6-5-7-15(3)8-9-17-12-10-16(4)11-13-17/h6,15H,5,7-13H2,1-4H3/t15-/m0/s1. The number of piperazine rings is 1. The molecule has 0 saturated carbocycles. The van der Waals surface area contributed by atoms with Crippen LogP contribution in [0.25, 0.3) is 0 Å². The van der Waals surface area contributed by atoms with E-state index in [1.807, 2.05) is 0 Å². The predicted octanol–water partition coefficient (Wildman–Crippen LogP) is 3.01. The second-order valence-corrected chi connectivity index (χ2v) is 5.90. The second kappa shape index (κ2) is 7.88. The van der Waals surface area contributed by atoms with E-state index < -0.39 is 0 Å². The van der Waals surface area contributed by atoms with Gasteiger partial charge in [0.25, 0.3) is 0 Å². The van der Waals surface area contributed by atoms with Crippen molar-refractivity contribution < 1.29 is 0 Å². The van der Waals surface area contributed by atoms with Gasteiger partial charge in [-0.05, 0) is 52.6 Å². The van der Waals surface area contributed by atoms with Gasteiger partial charge in [0.2, 0.25) is 0 Å². The molecule has 100 valence electrons. The fourth-order valence-electron chi connectivity index (χ4n) is 2.28. The molecule has 0 spiro atoms. The first-order valence-corrected chi connectivity index (χ1v) is 7.12. The Hall–Kier alpha value is -0.340. The summed E-state index contributed by atoms with van der Waals surface area (Å²) in [5.74, 6) is 0.866. The van der Waals surface area contributed by atoms with Crippen LogP contribution in [0.2, 0.25) is 0 Å². The van der Waals surface area contributed by atoms with E-state index in [1.54, 1.807) is 0 Å². The van der Waals surface area contributed by atoms with E-state index in [2.05, 4.69) is 43.7 Å². The molecule has 1 saturated heterocycles. The summed E-state index contributed by atoms with van der Waals surface area (Å²) in [6.07, 6.45) is 6.33. The Labute approximate surface area is 108 Å². The Bertz CT molecular complexity index is 223. The van der Waals surface area contributed by atoms with Crippen LogP contribution in [-0.2, 0) is 0 Å². The smallest absolute Gasteiger partial charge is 0.0110 e. The third kappa shape index (κ3) is 6.85. The summed E-state index contributed by atoms with van der Waals surface area (Å²) < 4.78 is 0. The van der Waals surface area contributed by atoms with E-state index in [0.29, 0.717) is 0 Å². The van der Waals surface area contributed by atoms with Crippen LogP contribution in [0.4, 0.5) is 0 Å². The Kier molecular flexibility index (Phi) is 6.83. The van der Waals surface area contributed by atoms with Crippen LogP contribution in [0.15, 0.2) is 11.6 Å². The van der Waals surface area contributed by atoms with E-state index in [-0.39, 0.29) is 0 Å². The van der Waals surface area contributed by atoms with Crippen molar-refractivity contribution in [2.45, 2.75) is 40.0 Å². The van der Waals surface area contributed by atoms with Gasteiger partial charge in [0, 0.05) is 26.2 Å². The predicted molar refractivity (Wildman–Crippen MR) is 76.4 cm³/mol. The van der Waals surface area contributed by atoms with Crippen LogP contribution in [0.5, 0.6) is 0 Å². The minimum Gasteiger partial charge on any atom is -0.304 e. The van der Waals surface area contributed by atoms with Gasteiger partial charge in [-0.25, -0.2) is 0 Å². The molecule has 1 aliphatic rings. The molecular formula is C15H30N2. The van der Waals surface area contributed by atoms with Gasteiger partial charge in [-0.1, -0.05) is 18.6 Å². The van der Waals surface area contributed by atoms with Gasteiger partial charge in [-0.15, -0.1) is 0 Å². The number of nitrogens with zero attached hydrogens (tertiary/aromatic N) is 2. The highest BCUT2D eigenvalue weighted by molar-refractivity contribution is 4.92. The summed E-state index contributed by atoms with van der Waals surface area (Å²) in [5.41, 5.74) is 1.45. The number of hydrogen-bond donors (Lipinski definition) is 0. The largest absolute Gasteiger partial charge is 0.304 e. The van der Waals surface area contributed by atoms with Crippen LogP contribution in [-0.4, -0.2) is 49.6 Å². The molecule has 1 heterocycles. The minimum atomic E-state index is 0.866. The molecule has 0 bridgehead atoms. The SMILES string of the molecule is CC(C)=CCC[C@H](C)CCN1CCN(C)CC1. The van der Waals surface area contributed by atoms with Crippen molar-refractivity contribution in [1.82, 2.24) is 9.80 Å². The number of rotatable bonds is 6. The molecule has 1 aliphatic heterocycles. The molecule has 1 atom stereocenters. The molecule has 2 nitrogen and oxygen atoms in total. The van der Waals surface area contributed by atoms with E-state index in [4.69, 9.17) is 0 Å². The highest BCUT2D eigenvalue weighted by Gasteiger charge is 2.13. The van der Waals surface area contributed by atoms with Gasteiger partial charge >= 0.3 is 0 Å². The normalized spacial score (nSPS) is 20.2. The van der Waals surface area contributed by atoms with Gasteiger partial charge < -0.3 is 9.80 Å². The lowest BCUT2D eigenvalue weighted by molar-refractivity contribution is 0.147. The molecule has 0 amide bonds. The topological polar surface area (TPSA) is 6.48 Å². The van der Waals surface area contributed by atoms with Crippen molar-refractivity contribution in [1.29, 1.82) is 0 Å². The maximum Gasteiger partial charge on any atom is 0.0110 e. The Morgan fingerprint density at radius 1 is 1.12 bits per heavy atom. The van der Waals surface area contributed by atoms with Crippen molar-refractivity contribution in [3.05, 3.63) is 11.6 Å². The van der Waals surface area contributed by atoms with Gasteiger partial charge in [0.15, 0.2) is 0 Å². The summed E-state index contributed by atoms with van der Waals surface area (Å²) in [5, 5.41) is 0. The summed E-state index contributed by atoms with van der Waals surface area (Å²) in [6, 6.07) is 0. The maximum absolute atomic E-state index is 2.62. The molecular weight excluding hydrogens is 208 g/mol. The van der Waals surface area contributed by atoms with Gasteiger partial charge in [-0.2, -0.15) is 0 Å². The maximum atomic E-state index is 2.62. The third-order valence-electron chi connectivity index (χ3n) is 3.75. The lowest BCUT2D eigenvalue weighted by atomic mass is 10.0. The highest BCUT2D eigenvalue weighted by Crippen LogP contribution is 2.13. The Morgan fingerprint density at radius 3 is 2.35 bits per heavy atom. The zero-order valence-corrected chi connectivity index (χ0v) is 12.2. The lowest BCUT2D eigenvalue weighted by Crippen LogP contribution is -2.44. The first kappa shape index (κ1) is 14.7. The molecule has 0 aromatic rings. The van der Waals surface area contributed by atoms with E-state index in [0.717, 1.165) is 5.92 Å². The van der Waals surface area contributed by atoms with Crippen LogP contribution in [0.3, 0.4) is 0 Å². The number of hydrogen-bond acceptors (Lipinski definition) is 2. The zero-order valence-electron chi connectivity index (χ0n) is 12.2. The summed E-state index contributed by atoms with van der Waals surface area (Å²) >= 11 is 0. The molecule has 17 heavy (non-hydrogen) atoms. The van der Waals surface area contributed by atoms with E-state index >= 15 is 0 Å². The monoisotopic (exact) mass is 238 g/mol. The molecule has 0 aromatic heterocycles. The average molecular weight is 238 g/mol. The fourth-order valence-corrected chi connectivity index (χ4v) is 2.28. The minimum absolute atomic E-state index is 0.866. The van der Waals surface area contributed by atoms with Gasteiger partial charge in [0.1, 0.15) is 0 Å². The average Bonchev–Trinajstić information content (AvgIpc) is 2.28. The summed E-state index contributed by atoms with van der Waals surface area (Å²) in [4.78, 5) is 5.05. The first-order chi connectivity index (χ1) is 8.08. The molecule has 0 N–H and O–H groups in total. The molecule has 2 heteroatoms. The summed E-state index contributed by atoms with van der Waals surface area (Å²) in [7, 11) is 2.22. The quantitative estimate of drug-likeness (QED) is 0.656. The number of likely N-dealkylation sites (N-methyl/N-ethyl adjacent to an activating group) is 1. The van der Waals surface area contributed by atoms with Crippen LogP contribution in [0.1, 0.15) is 40.0 Å². The van der Waals surface area contributed by atoms with Crippen molar-refractivity contribution in [3.8, 4) is 0 Å². The molecule has 1 rings (SSSR count). The molecule has 0 unspecified atom stereocenters. The molecule has 0 aliphatic carbocycles. The van der Waals surface area contributed by atoms with E-state index in [9.17, 15) is 0 Å². The third-order valence-corrected chi connectivity index (χ3v) is 3.75. The second-order valence-electron chi connectivity index (χ2n) is 5.90. The van der Waals surface area contributed by atoms with Crippen molar-refractivity contribution in [3.63, 3.8) is 0 Å². The lowest BCUT2D eigenvalue weighted by Gasteiger charge is -2.32. The molecule has 0 radical (unpaired) electrons. The molecule has 1 fully saturated rings. The van der Waals surface area contributed by atoms with Crippen LogP contribution < -0.4 is 0 Å². The summed E-state index contributed by atoms with van der Waals surface area (Å²) in [6.45, 7) is 13.1. The highest BCUT2D eigenvalue weighted by atomic mass is 15.2. The van der Waals surface area contributed by atoms with Crippen molar-refractivity contribution in [2.24, 2.45) is 5.92 Å². The van der Waals surface area contributed by atoms with Crippen molar-refractivity contribution in [2.75, 3.05) is 39.8 Å². The first-order valence-electron chi connectivity index (χ1n) is 7.12. The van der Waals surface area contributed by atoms with Crippen LogP contribution in [0, 0.1) is 5.92 Å².